The van der Waals surface area contributed by atoms with Crippen LogP contribution in [0.25, 0.3) is 0 Å². The van der Waals surface area contributed by atoms with Gasteiger partial charge in [-0.25, -0.2) is 4.79 Å². The molecule has 3 amide bonds. The molecule has 0 aromatic heterocycles. The van der Waals surface area contributed by atoms with E-state index < -0.39 is 17.4 Å². The van der Waals surface area contributed by atoms with Crippen molar-refractivity contribution in [3.05, 3.63) is 0 Å². The number of primary amides is 1. The third kappa shape index (κ3) is 3.11. The summed E-state index contributed by atoms with van der Waals surface area (Å²) in [6.45, 7) is 2.58. The van der Waals surface area contributed by atoms with Crippen LogP contribution in [0, 0.1) is 11.3 Å². The van der Waals surface area contributed by atoms with Gasteiger partial charge in [-0.15, -0.1) is 0 Å². The minimum Gasteiger partial charge on any atom is -0.481 e. The number of nitrogens with one attached hydrogen (secondary N) is 1. The normalized spacial score (nSPS) is 32.7. The Hall–Kier alpha value is -1.79. The van der Waals surface area contributed by atoms with E-state index in [0.717, 1.165) is 12.8 Å². The summed E-state index contributed by atoms with van der Waals surface area (Å²) in [5.41, 5.74) is 4.36. The highest BCUT2D eigenvalue weighted by atomic mass is 16.4. The summed E-state index contributed by atoms with van der Waals surface area (Å²) in [5, 5.41) is 12.2. The molecule has 0 radical (unpaired) electrons. The van der Waals surface area contributed by atoms with Gasteiger partial charge in [0.05, 0.1) is 11.3 Å². The predicted molar refractivity (Wildman–Crippen MR) is 75.4 cm³/mol. The monoisotopic (exact) mass is 297 g/mol. The van der Waals surface area contributed by atoms with E-state index in [-0.39, 0.29) is 17.9 Å². The maximum absolute atomic E-state index is 12.3. The van der Waals surface area contributed by atoms with Gasteiger partial charge in [-0.2, -0.15) is 0 Å². The van der Waals surface area contributed by atoms with Crippen LogP contribution >= 0.6 is 0 Å². The number of likely N-dealkylation sites (tertiary alicyclic amines) is 1. The minimum absolute atomic E-state index is 0.166. The summed E-state index contributed by atoms with van der Waals surface area (Å²) < 4.78 is 0. The Bertz CT molecular complexity index is 454. The average molecular weight is 297 g/mol. The number of aliphatic carboxylic acids is 1. The molecule has 0 aromatic carbocycles. The number of carbonyl (C=O) groups is 3. The van der Waals surface area contributed by atoms with Crippen LogP contribution in [-0.2, 0) is 9.59 Å². The highest BCUT2D eigenvalue weighted by molar-refractivity contribution is 5.82. The lowest BCUT2D eigenvalue weighted by Crippen LogP contribution is -2.52. The maximum Gasteiger partial charge on any atom is 0.314 e. The van der Waals surface area contributed by atoms with Crippen LogP contribution < -0.4 is 11.1 Å². The molecule has 2 aliphatic rings. The fraction of sp³-hybridized carbons (Fsp3) is 0.786. The molecule has 7 heteroatoms. The zero-order valence-corrected chi connectivity index (χ0v) is 12.3. The molecule has 4 N–H and O–H groups in total. The van der Waals surface area contributed by atoms with Crippen molar-refractivity contribution in [2.45, 2.75) is 45.1 Å². The van der Waals surface area contributed by atoms with Crippen LogP contribution in [0.3, 0.4) is 0 Å². The van der Waals surface area contributed by atoms with E-state index in [1.165, 1.54) is 4.90 Å². The minimum atomic E-state index is -0.895. The van der Waals surface area contributed by atoms with E-state index in [2.05, 4.69) is 5.32 Å². The molecule has 1 aliphatic carbocycles. The molecule has 0 aromatic rings. The van der Waals surface area contributed by atoms with E-state index in [9.17, 15) is 19.5 Å². The maximum atomic E-state index is 12.3. The first-order valence-electron chi connectivity index (χ1n) is 7.43. The van der Waals surface area contributed by atoms with Crippen LogP contribution in [-0.4, -0.2) is 47.0 Å². The molecule has 0 spiro atoms. The quantitative estimate of drug-likeness (QED) is 0.705. The summed E-state index contributed by atoms with van der Waals surface area (Å²) in [7, 11) is 0. The number of nitrogens with two attached hydrogens (primary N) is 1. The Labute approximate surface area is 123 Å². The lowest BCUT2D eigenvalue weighted by molar-refractivity contribution is -0.149. The number of carboxylic acid groups (broad SMARTS) is 1. The van der Waals surface area contributed by atoms with Gasteiger partial charge in [-0.3, -0.25) is 9.59 Å². The zero-order chi connectivity index (χ0) is 15.6. The smallest absolute Gasteiger partial charge is 0.314 e. The molecule has 0 bridgehead atoms. The van der Waals surface area contributed by atoms with Crippen LogP contribution in [0.5, 0.6) is 0 Å². The molecule has 3 unspecified atom stereocenters. The number of hydrogen-bond donors (Lipinski definition) is 3. The van der Waals surface area contributed by atoms with Gasteiger partial charge in [-0.05, 0) is 32.6 Å². The largest absolute Gasteiger partial charge is 0.481 e. The molecular weight excluding hydrogens is 274 g/mol. The number of urea groups is 1. The summed E-state index contributed by atoms with van der Waals surface area (Å²) in [6.07, 6.45) is 3.49. The Morgan fingerprint density at radius 2 is 2.00 bits per heavy atom. The Morgan fingerprint density at radius 1 is 1.29 bits per heavy atom. The SMILES string of the molecule is CC1(C(=O)O)CCCC1NC(=O)C1CCCN(C(N)=O)C1. The second-order valence-corrected chi connectivity index (χ2v) is 6.30. The first kappa shape index (κ1) is 15.6. The van der Waals surface area contributed by atoms with E-state index in [4.69, 9.17) is 5.73 Å². The Morgan fingerprint density at radius 3 is 2.62 bits per heavy atom. The van der Waals surface area contributed by atoms with Gasteiger partial charge in [0.2, 0.25) is 5.91 Å². The summed E-state index contributed by atoms with van der Waals surface area (Å²) >= 11 is 0. The topological polar surface area (TPSA) is 113 Å². The zero-order valence-electron chi connectivity index (χ0n) is 12.3. The van der Waals surface area contributed by atoms with Crippen molar-refractivity contribution in [1.82, 2.24) is 10.2 Å². The summed E-state index contributed by atoms with van der Waals surface area (Å²) in [6, 6.07) is -0.852. The lowest BCUT2D eigenvalue weighted by Gasteiger charge is -2.33. The number of carboxylic acids is 1. The van der Waals surface area contributed by atoms with Gasteiger partial charge >= 0.3 is 12.0 Å². The van der Waals surface area contributed by atoms with Gasteiger partial charge in [0, 0.05) is 19.1 Å². The molecule has 21 heavy (non-hydrogen) atoms. The molecule has 3 atom stereocenters. The number of carbonyl (C=O) groups excluding carboxylic acids is 2. The molecular formula is C14H23N3O4. The van der Waals surface area contributed by atoms with Crippen molar-refractivity contribution in [2.75, 3.05) is 13.1 Å². The fourth-order valence-corrected chi connectivity index (χ4v) is 3.33. The van der Waals surface area contributed by atoms with Crippen LogP contribution in [0.15, 0.2) is 0 Å². The number of amides is 3. The van der Waals surface area contributed by atoms with Gasteiger partial charge in [0.25, 0.3) is 0 Å². The van der Waals surface area contributed by atoms with Gasteiger partial charge in [-0.1, -0.05) is 6.42 Å². The van der Waals surface area contributed by atoms with Crippen molar-refractivity contribution in [1.29, 1.82) is 0 Å². The van der Waals surface area contributed by atoms with Crippen molar-refractivity contribution in [2.24, 2.45) is 17.1 Å². The Balaban J connectivity index is 1.98. The van der Waals surface area contributed by atoms with Crippen molar-refractivity contribution in [3.8, 4) is 0 Å². The second-order valence-electron chi connectivity index (χ2n) is 6.30. The van der Waals surface area contributed by atoms with E-state index >= 15 is 0 Å². The predicted octanol–water partition coefficient (Wildman–Crippen LogP) is 0.537. The number of rotatable bonds is 3. The van der Waals surface area contributed by atoms with E-state index in [1.54, 1.807) is 6.92 Å². The van der Waals surface area contributed by atoms with Crippen LogP contribution in [0.1, 0.15) is 39.0 Å². The van der Waals surface area contributed by atoms with Crippen molar-refractivity contribution < 1.29 is 19.5 Å². The molecule has 1 saturated carbocycles. The average Bonchev–Trinajstić information content (AvgIpc) is 2.81. The summed E-state index contributed by atoms with van der Waals surface area (Å²) in [5.74, 6) is -1.34. The van der Waals surface area contributed by atoms with Crippen molar-refractivity contribution in [3.63, 3.8) is 0 Å². The molecule has 1 saturated heterocycles. The molecule has 118 valence electrons. The van der Waals surface area contributed by atoms with Crippen LogP contribution in [0.2, 0.25) is 0 Å². The standard InChI is InChI=1S/C14H23N3O4/c1-14(12(19)20)6-2-5-10(14)16-11(18)9-4-3-7-17(8-9)13(15)21/h9-10H,2-8H2,1H3,(H2,15,21)(H,16,18)(H,19,20). The molecule has 7 nitrogen and oxygen atoms in total. The second kappa shape index (κ2) is 5.91. The summed E-state index contributed by atoms with van der Waals surface area (Å²) in [4.78, 5) is 36.4. The van der Waals surface area contributed by atoms with Gasteiger partial charge < -0.3 is 21.1 Å². The fourth-order valence-electron chi connectivity index (χ4n) is 3.33. The number of nitrogens with zero attached hydrogens (tertiary/aromatic N) is 1. The van der Waals surface area contributed by atoms with E-state index in [1.807, 2.05) is 0 Å². The lowest BCUT2D eigenvalue weighted by atomic mass is 9.84. The van der Waals surface area contributed by atoms with Crippen molar-refractivity contribution >= 4 is 17.9 Å². The Kier molecular flexibility index (Phi) is 4.39. The highest BCUT2D eigenvalue weighted by Crippen LogP contribution is 2.38. The molecule has 2 rings (SSSR count). The first-order valence-corrected chi connectivity index (χ1v) is 7.43. The third-order valence-corrected chi connectivity index (χ3v) is 4.87. The molecule has 1 heterocycles. The van der Waals surface area contributed by atoms with Gasteiger partial charge in [0.1, 0.15) is 0 Å². The van der Waals surface area contributed by atoms with Crippen LogP contribution in [0.4, 0.5) is 4.79 Å². The third-order valence-electron chi connectivity index (χ3n) is 4.87. The molecule has 1 aliphatic heterocycles. The van der Waals surface area contributed by atoms with E-state index in [0.29, 0.717) is 32.4 Å². The molecule has 2 fully saturated rings. The highest BCUT2D eigenvalue weighted by Gasteiger charge is 2.46. The number of piperidine rings is 1. The number of hydrogen-bond acceptors (Lipinski definition) is 3. The first-order chi connectivity index (χ1) is 9.84. The van der Waals surface area contributed by atoms with Gasteiger partial charge in [0.15, 0.2) is 0 Å².